The monoisotopic (exact) mass is 241 g/mol. The molecule has 1 aromatic carbocycles. The van der Waals surface area contributed by atoms with Gasteiger partial charge in [0.2, 0.25) is 0 Å². The molecule has 0 saturated carbocycles. The summed E-state index contributed by atoms with van der Waals surface area (Å²) in [6.07, 6.45) is 2.70. The van der Waals surface area contributed by atoms with Crippen molar-refractivity contribution in [2.75, 3.05) is 12.0 Å². The maximum atomic E-state index is 11.0. The minimum Gasteiger partial charge on any atom is -0.328 e. The maximum Gasteiger partial charge on any atom is 0.147 e. The van der Waals surface area contributed by atoms with Crippen molar-refractivity contribution >= 4 is 9.84 Å². The van der Waals surface area contributed by atoms with Gasteiger partial charge >= 0.3 is 0 Å². The Kier molecular flexibility index (Phi) is 4.50. The molecule has 0 aromatic heterocycles. The van der Waals surface area contributed by atoms with Crippen molar-refractivity contribution < 1.29 is 8.42 Å². The lowest BCUT2D eigenvalue weighted by Gasteiger charge is -2.06. The molecule has 0 aliphatic rings. The number of hydrogen-bond donors (Lipinski definition) is 1. The van der Waals surface area contributed by atoms with Crippen LogP contribution in [0.25, 0.3) is 0 Å². The van der Waals surface area contributed by atoms with E-state index >= 15 is 0 Å². The van der Waals surface area contributed by atoms with Crippen LogP contribution in [-0.2, 0) is 22.7 Å². The predicted octanol–water partition coefficient (Wildman–Crippen LogP) is 1.16. The van der Waals surface area contributed by atoms with Crippen LogP contribution in [0.1, 0.15) is 18.1 Å². The van der Waals surface area contributed by atoms with Gasteiger partial charge in [0.1, 0.15) is 9.84 Å². The van der Waals surface area contributed by atoms with Gasteiger partial charge in [0.05, 0.1) is 5.75 Å². The molecule has 0 amide bonds. The number of aryl methyl sites for hydroxylation is 1. The van der Waals surface area contributed by atoms with Crippen LogP contribution in [0, 0.1) is 0 Å². The van der Waals surface area contributed by atoms with E-state index in [1.165, 1.54) is 11.8 Å². The second-order valence-electron chi connectivity index (χ2n) is 4.38. The lowest BCUT2D eigenvalue weighted by atomic mass is 10.0. The summed E-state index contributed by atoms with van der Waals surface area (Å²) in [7, 11) is -2.87. The molecule has 4 heteroatoms. The van der Waals surface area contributed by atoms with Gasteiger partial charge in [-0.15, -0.1) is 0 Å². The Balaban J connectivity index is 2.58. The van der Waals surface area contributed by atoms with Gasteiger partial charge in [-0.05, 0) is 30.9 Å². The number of nitrogens with two attached hydrogens (primary N) is 1. The van der Waals surface area contributed by atoms with Gasteiger partial charge in [0, 0.05) is 12.3 Å². The Bertz CT molecular complexity index is 421. The van der Waals surface area contributed by atoms with Crippen molar-refractivity contribution in [2.24, 2.45) is 5.73 Å². The highest BCUT2D eigenvalue weighted by Gasteiger charge is 2.03. The molecule has 1 aromatic rings. The van der Waals surface area contributed by atoms with E-state index in [2.05, 4.69) is 0 Å². The molecule has 0 bridgehead atoms. The van der Waals surface area contributed by atoms with Gasteiger partial charge < -0.3 is 5.73 Å². The molecule has 0 aliphatic carbocycles. The molecule has 0 spiro atoms. The highest BCUT2D eigenvalue weighted by atomic mass is 32.2. The summed E-state index contributed by atoms with van der Waals surface area (Å²) in [5.74, 6) is 0.208. The molecule has 1 rings (SSSR count). The molecule has 1 atom stereocenters. The standard InChI is InChI=1S/C12H19NO2S/c1-10(13)9-12-5-3-11(4-6-12)7-8-16(2,14)15/h3-6,10H,7-9,13H2,1-2H3. The topological polar surface area (TPSA) is 60.2 Å². The average molecular weight is 241 g/mol. The zero-order chi connectivity index (χ0) is 12.2. The first-order valence-electron chi connectivity index (χ1n) is 5.38. The second-order valence-corrected chi connectivity index (χ2v) is 6.64. The Labute approximate surface area is 97.6 Å². The summed E-state index contributed by atoms with van der Waals surface area (Å²) in [5.41, 5.74) is 7.95. The fourth-order valence-corrected chi connectivity index (χ4v) is 2.12. The first kappa shape index (κ1) is 13.2. The third-order valence-electron chi connectivity index (χ3n) is 2.34. The third-order valence-corrected chi connectivity index (χ3v) is 3.29. The zero-order valence-electron chi connectivity index (χ0n) is 9.81. The quantitative estimate of drug-likeness (QED) is 0.841. The first-order chi connectivity index (χ1) is 7.37. The van der Waals surface area contributed by atoms with Crippen LogP contribution in [0.15, 0.2) is 24.3 Å². The molecule has 3 nitrogen and oxygen atoms in total. The SMILES string of the molecule is CC(N)Cc1ccc(CCS(C)(=O)=O)cc1. The molecule has 16 heavy (non-hydrogen) atoms. The predicted molar refractivity (Wildman–Crippen MR) is 67.2 cm³/mol. The molecule has 0 radical (unpaired) electrons. The molecule has 1 unspecified atom stereocenters. The van der Waals surface area contributed by atoms with E-state index in [0.717, 1.165) is 12.0 Å². The van der Waals surface area contributed by atoms with Crippen molar-refractivity contribution in [3.8, 4) is 0 Å². The average Bonchev–Trinajstić information content (AvgIpc) is 2.14. The Morgan fingerprint density at radius 2 is 1.69 bits per heavy atom. The molecular weight excluding hydrogens is 222 g/mol. The van der Waals surface area contributed by atoms with Crippen LogP contribution in [0.5, 0.6) is 0 Å². The van der Waals surface area contributed by atoms with Gasteiger partial charge in [-0.2, -0.15) is 0 Å². The summed E-state index contributed by atoms with van der Waals surface area (Å²) in [4.78, 5) is 0. The molecular formula is C12H19NO2S. The maximum absolute atomic E-state index is 11.0. The van der Waals surface area contributed by atoms with Gasteiger partial charge in [0.15, 0.2) is 0 Å². The number of sulfone groups is 1. The molecule has 90 valence electrons. The molecule has 0 aliphatic heterocycles. The number of benzene rings is 1. The van der Waals surface area contributed by atoms with Gasteiger partial charge in [-0.25, -0.2) is 8.42 Å². The zero-order valence-corrected chi connectivity index (χ0v) is 10.6. The second kappa shape index (κ2) is 5.46. The fraction of sp³-hybridized carbons (Fsp3) is 0.500. The highest BCUT2D eigenvalue weighted by molar-refractivity contribution is 7.90. The molecule has 0 heterocycles. The van der Waals surface area contributed by atoms with Crippen LogP contribution in [0.2, 0.25) is 0 Å². The number of hydrogen-bond acceptors (Lipinski definition) is 3. The van der Waals surface area contributed by atoms with E-state index < -0.39 is 9.84 Å². The van der Waals surface area contributed by atoms with Crippen molar-refractivity contribution in [3.63, 3.8) is 0 Å². The Hall–Kier alpha value is -0.870. The van der Waals surface area contributed by atoms with E-state index in [0.29, 0.717) is 6.42 Å². The van der Waals surface area contributed by atoms with Crippen molar-refractivity contribution in [1.82, 2.24) is 0 Å². The molecule has 0 saturated heterocycles. The Morgan fingerprint density at radius 3 is 2.12 bits per heavy atom. The van der Waals surface area contributed by atoms with Crippen LogP contribution in [-0.4, -0.2) is 26.5 Å². The summed E-state index contributed by atoms with van der Waals surface area (Å²) < 4.78 is 22.0. The van der Waals surface area contributed by atoms with Gasteiger partial charge in [-0.1, -0.05) is 24.3 Å². The third kappa shape index (κ3) is 5.28. The lowest BCUT2D eigenvalue weighted by Crippen LogP contribution is -2.17. The van der Waals surface area contributed by atoms with Crippen molar-refractivity contribution in [2.45, 2.75) is 25.8 Å². The van der Waals surface area contributed by atoms with E-state index in [4.69, 9.17) is 5.73 Å². The minimum atomic E-state index is -2.87. The van der Waals surface area contributed by atoms with Crippen LogP contribution in [0.3, 0.4) is 0 Å². The largest absolute Gasteiger partial charge is 0.328 e. The fourth-order valence-electron chi connectivity index (χ4n) is 1.52. The van der Waals surface area contributed by atoms with E-state index in [9.17, 15) is 8.42 Å². The van der Waals surface area contributed by atoms with Crippen LogP contribution >= 0.6 is 0 Å². The van der Waals surface area contributed by atoms with Crippen LogP contribution < -0.4 is 5.73 Å². The van der Waals surface area contributed by atoms with Crippen molar-refractivity contribution in [3.05, 3.63) is 35.4 Å². The normalized spacial score (nSPS) is 13.7. The summed E-state index contributed by atoms with van der Waals surface area (Å²) >= 11 is 0. The molecule has 2 N–H and O–H groups in total. The minimum absolute atomic E-state index is 0.155. The summed E-state index contributed by atoms with van der Waals surface area (Å²) in [6, 6.07) is 8.13. The smallest absolute Gasteiger partial charge is 0.147 e. The molecule has 0 fully saturated rings. The van der Waals surface area contributed by atoms with E-state index in [1.54, 1.807) is 0 Å². The lowest BCUT2D eigenvalue weighted by molar-refractivity contribution is 0.601. The van der Waals surface area contributed by atoms with Gasteiger partial charge in [-0.3, -0.25) is 0 Å². The summed E-state index contributed by atoms with van der Waals surface area (Å²) in [6.45, 7) is 1.97. The Morgan fingerprint density at radius 1 is 1.19 bits per heavy atom. The van der Waals surface area contributed by atoms with Crippen molar-refractivity contribution in [1.29, 1.82) is 0 Å². The van der Waals surface area contributed by atoms with Gasteiger partial charge in [0.25, 0.3) is 0 Å². The van der Waals surface area contributed by atoms with E-state index in [-0.39, 0.29) is 11.8 Å². The first-order valence-corrected chi connectivity index (χ1v) is 7.44. The summed E-state index contributed by atoms with van der Waals surface area (Å²) in [5, 5.41) is 0. The number of rotatable bonds is 5. The van der Waals surface area contributed by atoms with Crippen LogP contribution in [0.4, 0.5) is 0 Å². The highest BCUT2D eigenvalue weighted by Crippen LogP contribution is 2.07. The van der Waals surface area contributed by atoms with E-state index in [1.807, 2.05) is 31.2 Å².